The van der Waals surface area contributed by atoms with Crippen LogP contribution in [0.3, 0.4) is 0 Å². The normalized spacial score (nSPS) is 11.8. The molecule has 3 heteroatoms. The smallest absolute Gasteiger partial charge is 0.0647 e. The van der Waals surface area contributed by atoms with Crippen LogP contribution in [-0.2, 0) is 0 Å². The molecular weight excluding hydrogens is 763 g/mol. The fraction of sp³-hybridized carbons (Fsp3) is 0. The fourth-order valence-corrected chi connectivity index (χ4v) is 10.3. The standard InChI is InChI=1S/C60H39N3/c1-4-18-40(19-5-1)41-32-35-45(36-33-41)61-53-29-15-11-25-47(53)51-38-43(34-37-56(51)61)46-24-10-14-28-52(46)63-55-31-17-13-27-49(55)59-57(63)39-50(42-20-6-2-7-21-42)58-48-26-12-16-30-54(48)62(60(58)59)44-22-8-3-9-23-44/h1-39H. The van der Waals surface area contributed by atoms with Crippen molar-refractivity contribution in [1.29, 1.82) is 0 Å². The second-order valence-electron chi connectivity index (χ2n) is 16.5. The molecule has 3 nitrogen and oxygen atoms in total. The zero-order valence-electron chi connectivity index (χ0n) is 34.4. The predicted octanol–water partition coefficient (Wildman–Crippen LogP) is 16.0. The Morgan fingerprint density at radius 3 is 1.44 bits per heavy atom. The van der Waals surface area contributed by atoms with E-state index in [4.69, 9.17) is 0 Å². The quantitative estimate of drug-likeness (QED) is 0.159. The SMILES string of the molecule is c1ccc(-c2ccc(-n3c4ccccc4c4cc(-c5ccccc5-n5c6ccccc6c6c5cc(-c5ccccc5)c5c7ccccc7n(-c7ccccc7)c56)ccc43)cc2)cc1. The lowest BCUT2D eigenvalue weighted by Crippen LogP contribution is -1.98. The monoisotopic (exact) mass is 801 g/mol. The minimum absolute atomic E-state index is 1.14. The van der Waals surface area contributed by atoms with Gasteiger partial charge >= 0.3 is 0 Å². The molecule has 0 unspecified atom stereocenters. The van der Waals surface area contributed by atoms with Crippen LogP contribution in [0.25, 0.3) is 116 Å². The van der Waals surface area contributed by atoms with Crippen molar-refractivity contribution in [3.8, 4) is 50.4 Å². The van der Waals surface area contributed by atoms with Gasteiger partial charge in [-0.15, -0.1) is 0 Å². The van der Waals surface area contributed by atoms with Gasteiger partial charge in [-0.05, 0) is 94.5 Å². The number of rotatable bonds is 6. The van der Waals surface area contributed by atoms with Crippen LogP contribution in [0, 0.1) is 0 Å². The van der Waals surface area contributed by atoms with Crippen molar-refractivity contribution < 1.29 is 0 Å². The molecule has 0 aliphatic heterocycles. The van der Waals surface area contributed by atoms with Crippen molar-refractivity contribution in [2.45, 2.75) is 0 Å². The highest BCUT2D eigenvalue weighted by Crippen LogP contribution is 2.47. The maximum atomic E-state index is 2.51. The predicted molar refractivity (Wildman–Crippen MR) is 266 cm³/mol. The number of fused-ring (bicyclic) bond motifs is 10. The Balaban J connectivity index is 1.08. The third-order valence-electron chi connectivity index (χ3n) is 13.0. The number of hydrogen-bond acceptors (Lipinski definition) is 0. The van der Waals surface area contributed by atoms with Gasteiger partial charge in [0, 0.05) is 49.3 Å². The molecule has 0 spiro atoms. The molecule has 3 aromatic heterocycles. The average Bonchev–Trinajstić information content (AvgIpc) is 4.00. The first-order chi connectivity index (χ1) is 31.3. The summed E-state index contributed by atoms with van der Waals surface area (Å²) in [6.45, 7) is 0. The van der Waals surface area contributed by atoms with E-state index in [9.17, 15) is 0 Å². The molecule has 3 heterocycles. The number of benzene rings is 10. The van der Waals surface area contributed by atoms with Gasteiger partial charge in [-0.25, -0.2) is 0 Å². The van der Waals surface area contributed by atoms with Gasteiger partial charge in [0.1, 0.15) is 0 Å². The molecule has 13 rings (SSSR count). The summed E-state index contributed by atoms with van der Waals surface area (Å²) >= 11 is 0. The lowest BCUT2D eigenvalue weighted by Gasteiger charge is -2.16. The molecule has 0 saturated heterocycles. The van der Waals surface area contributed by atoms with Crippen LogP contribution >= 0.6 is 0 Å². The molecule has 0 aliphatic rings. The lowest BCUT2D eigenvalue weighted by atomic mass is 9.96. The Kier molecular flexibility index (Phi) is 7.91. The van der Waals surface area contributed by atoms with E-state index in [1.54, 1.807) is 0 Å². The van der Waals surface area contributed by atoms with E-state index < -0.39 is 0 Å². The molecule has 0 atom stereocenters. The van der Waals surface area contributed by atoms with Crippen molar-refractivity contribution in [1.82, 2.24) is 13.7 Å². The van der Waals surface area contributed by atoms with Crippen molar-refractivity contribution in [3.63, 3.8) is 0 Å². The van der Waals surface area contributed by atoms with Crippen molar-refractivity contribution >= 4 is 65.4 Å². The summed E-state index contributed by atoms with van der Waals surface area (Å²) < 4.78 is 7.41. The molecule has 0 saturated carbocycles. The van der Waals surface area contributed by atoms with Gasteiger partial charge in [0.05, 0.1) is 38.8 Å². The summed E-state index contributed by atoms with van der Waals surface area (Å²) in [4.78, 5) is 0. The molecule has 0 amide bonds. The van der Waals surface area contributed by atoms with E-state index in [1.165, 1.54) is 98.8 Å². The molecule has 0 fully saturated rings. The zero-order chi connectivity index (χ0) is 41.4. The Morgan fingerprint density at radius 1 is 0.238 bits per heavy atom. The van der Waals surface area contributed by atoms with E-state index in [2.05, 4.69) is 250 Å². The summed E-state index contributed by atoms with van der Waals surface area (Å²) in [5.41, 5.74) is 17.8. The topological polar surface area (TPSA) is 14.8 Å². The molecule has 0 aliphatic carbocycles. The number of hydrogen-bond donors (Lipinski definition) is 0. The van der Waals surface area contributed by atoms with Gasteiger partial charge < -0.3 is 13.7 Å². The Bertz CT molecular complexity index is 3870. The highest BCUT2D eigenvalue weighted by Gasteiger charge is 2.25. The Morgan fingerprint density at radius 2 is 0.730 bits per heavy atom. The molecule has 0 N–H and O–H groups in total. The van der Waals surface area contributed by atoms with Crippen molar-refractivity contribution in [3.05, 3.63) is 237 Å². The van der Waals surface area contributed by atoms with E-state index in [0.717, 1.165) is 17.1 Å². The first kappa shape index (κ1) is 35.4. The van der Waals surface area contributed by atoms with Gasteiger partial charge in [0.15, 0.2) is 0 Å². The zero-order valence-corrected chi connectivity index (χ0v) is 34.4. The van der Waals surface area contributed by atoms with Crippen LogP contribution in [0.2, 0.25) is 0 Å². The third kappa shape index (κ3) is 5.40. The van der Waals surface area contributed by atoms with Crippen LogP contribution < -0.4 is 0 Å². The fourth-order valence-electron chi connectivity index (χ4n) is 10.3. The summed E-state index contributed by atoms with van der Waals surface area (Å²) in [5.74, 6) is 0. The molecule has 294 valence electrons. The van der Waals surface area contributed by atoms with Crippen LogP contribution in [0.5, 0.6) is 0 Å². The lowest BCUT2D eigenvalue weighted by molar-refractivity contribution is 1.17. The van der Waals surface area contributed by atoms with Crippen molar-refractivity contribution in [2.75, 3.05) is 0 Å². The van der Waals surface area contributed by atoms with Crippen LogP contribution in [-0.4, -0.2) is 13.7 Å². The first-order valence-corrected chi connectivity index (χ1v) is 21.7. The highest BCUT2D eigenvalue weighted by molar-refractivity contribution is 6.30. The van der Waals surface area contributed by atoms with Gasteiger partial charge in [0.2, 0.25) is 0 Å². The minimum Gasteiger partial charge on any atom is -0.309 e. The van der Waals surface area contributed by atoms with E-state index >= 15 is 0 Å². The highest BCUT2D eigenvalue weighted by atomic mass is 15.0. The first-order valence-electron chi connectivity index (χ1n) is 21.7. The molecule has 63 heavy (non-hydrogen) atoms. The van der Waals surface area contributed by atoms with E-state index in [0.29, 0.717) is 0 Å². The van der Waals surface area contributed by atoms with E-state index in [1.807, 2.05) is 0 Å². The molecular formula is C60H39N3. The summed E-state index contributed by atoms with van der Waals surface area (Å²) in [7, 11) is 0. The summed E-state index contributed by atoms with van der Waals surface area (Å²) in [5, 5.41) is 7.44. The largest absolute Gasteiger partial charge is 0.309 e. The van der Waals surface area contributed by atoms with E-state index in [-0.39, 0.29) is 0 Å². The summed E-state index contributed by atoms with van der Waals surface area (Å²) in [6.07, 6.45) is 0. The van der Waals surface area contributed by atoms with Gasteiger partial charge in [-0.2, -0.15) is 0 Å². The van der Waals surface area contributed by atoms with Crippen LogP contribution in [0.1, 0.15) is 0 Å². The maximum absolute atomic E-state index is 2.51. The van der Waals surface area contributed by atoms with Gasteiger partial charge in [-0.3, -0.25) is 0 Å². The van der Waals surface area contributed by atoms with Crippen molar-refractivity contribution in [2.24, 2.45) is 0 Å². The number of nitrogens with zero attached hydrogens (tertiary/aromatic N) is 3. The molecule has 13 aromatic rings. The Labute approximate surface area is 364 Å². The second kappa shape index (κ2) is 14.1. The second-order valence-corrected chi connectivity index (χ2v) is 16.5. The van der Waals surface area contributed by atoms with Gasteiger partial charge in [0.25, 0.3) is 0 Å². The number of aromatic nitrogens is 3. The van der Waals surface area contributed by atoms with Crippen LogP contribution in [0.4, 0.5) is 0 Å². The molecule has 10 aromatic carbocycles. The molecule has 0 bridgehead atoms. The average molecular weight is 802 g/mol. The van der Waals surface area contributed by atoms with Crippen LogP contribution in [0.15, 0.2) is 237 Å². The maximum Gasteiger partial charge on any atom is 0.0647 e. The Hall–Kier alpha value is -8.40. The molecule has 0 radical (unpaired) electrons. The third-order valence-corrected chi connectivity index (χ3v) is 13.0. The van der Waals surface area contributed by atoms with Gasteiger partial charge in [-0.1, -0.05) is 170 Å². The summed E-state index contributed by atoms with van der Waals surface area (Å²) in [6, 6.07) is 86.4. The number of para-hydroxylation sites is 5. The minimum atomic E-state index is 1.14.